The third kappa shape index (κ3) is 29.2. The number of aryl methyl sites for hydroxylation is 3. The van der Waals surface area contributed by atoms with Crippen molar-refractivity contribution in [3.05, 3.63) is 245 Å². The molecule has 1 atom stereocenters. The van der Waals surface area contributed by atoms with Gasteiger partial charge in [0.1, 0.15) is 5.75 Å². The maximum absolute atomic E-state index is 12.7. The van der Waals surface area contributed by atoms with Crippen LogP contribution in [-0.2, 0) is 68.2 Å². The maximum Gasteiger partial charge on any atom is 0.498 e. The largest absolute Gasteiger partial charge is 0.498 e. The summed E-state index contributed by atoms with van der Waals surface area (Å²) in [5, 5.41) is 25.3. The number of phenolic OH excluding ortho intramolecular Hbond substituents is 2. The molecule has 2 saturated heterocycles. The van der Waals surface area contributed by atoms with Gasteiger partial charge in [0, 0.05) is 17.4 Å². The van der Waals surface area contributed by atoms with E-state index in [1.54, 1.807) is 0 Å². The van der Waals surface area contributed by atoms with Crippen molar-refractivity contribution in [3.63, 3.8) is 0 Å². The minimum atomic E-state index is -3.23. The summed E-state index contributed by atoms with van der Waals surface area (Å²) in [7, 11) is -0.518. The Morgan fingerprint density at radius 1 is 0.317 bits per heavy atom. The number of benzene rings is 10. The van der Waals surface area contributed by atoms with E-state index in [1.165, 1.54) is 55.6 Å². The van der Waals surface area contributed by atoms with Gasteiger partial charge in [0.2, 0.25) is 0 Å². The fourth-order valence-electron chi connectivity index (χ4n) is 19.0. The van der Waals surface area contributed by atoms with Gasteiger partial charge in [-0.1, -0.05) is 71.4 Å². The SMILES string of the molecule is C[CH](C)[Ge]([CH2]Oc1ccc(C(C)(C)C)cc1Br)([CH2]Oc1ccc(C(C)(C)C)cc1Br)[CH](C)C.Cc1cc(-c2cc(C(C)(C)C)cc(C(C)(C)C)c2)c(O)c(-c2cc(C(C)(C)C)ccc2O[CH2][Ge]([CH2]Oc2ccc(C(C)(C)C)cc2-c2cc(C)cc(-c3cc(C(C)(C)C)cc(C(C)(C)C)c3)c2O)([CH](C)C)[CH](C)C)c1.Cc1cc(B2OC(C)(C)C(C)(C)O2)c(OC2CCCCO2)c(-c2cc(C(C)(C)C)cc(C(C)(C)C)c2)c1. The van der Waals surface area contributed by atoms with Crippen molar-refractivity contribution in [2.45, 2.75) is 421 Å². The van der Waals surface area contributed by atoms with Gasteiger partial charge in [0.05, 0.1) is 17.8 Å². The molecule has 0 saturated carbocycles. The summed E-state index contributed by atoms with van der Waals surface area (Å²) in [5.41, 5.74) is 27.5. The first kappa shape index (κ1) is 120. The Morgan fingerprint density at radius 3 is 0.841 bits per heavy atom. The molecule has 0 aliphatic carbocycles. The normalized spacial score (nSPS) is 15.4. The monoisotopic (exact) mass is 2220 g/mol. The second kappa shape index (κ2) is 45.0. The summed E-state index contributed by atoms with van der Waals surface area (Å²) >= 11 is 1.69. The van der Waals surface area contributed by atoms with Crippen molar-refractivity contribution in [1.29, 1.82) is 0 Å². The van der Waals surface area contributed by atoms with Gasteiger partial charge in [0.25, 0.3) is 0 Å². The molecular weight excluding hydrogens is 2040 g/mol. The van der Waals surface area contributed by atoms with E-state index < -0.39 is 44.9 Å². The molecule has 145 heavy (non-hydrogen) atoms. The summed E-state index contributed by atoms with van der Waals surface area (Å²) in [6.45, 7) is 102. The summed E-state index contributed by atoms with van der Waals surface area (Å²) in [5.74, 6) is 4.71. The Kier molecular flexibility index (Phi) is 37.1. The van der Waals surface area contributed by atoms with Crippen molar-refractivity contribution in [1.82, 2.24) is 0 Å². The second-order valence-electron chi connectivity index (χ2n) is 55.0. The molecule has 0 spiro atoms. The molecule has 1 unspecified atom stereocenters. The van der Waals surface area contributed by atoms with Crippen LogP contribution in [0.25, 0.3) is 55.6 Å². The van der Waals surface area contributed by atoms with Gasteiger partial charge in [0.15, 0.2) is 6.29 Å². The van der Waals surface area contributed by atoms with Crippen LogP contribution in [0.2, 0.25) is 19.0 Å². The van der Waals surface area contributed by atoms with Gasteiger partial charge < -0.3 is 18.8 Å². The number of phenols is 2. The van der Waals surface area contributed by atoms with Gasteiger partial charge in [-0.05, 0) is 81.0 Å². The third-order valence-corrected chi connectivity index (χ3v) is 57.3. The van der Waals surface area contributed by atoms with E-state index >= 15 is 0 Å². The van der Waals surface area contributed by atoms with E-state index in [0.29, 0.717) is 29.9 Å². The van der Waals surface area contributed by atoms with E-state index in [4.69, 9.17) is 37.7 Å². The predicted molar refractivity (Wildman–Crippen MR) is 633 cm³/mol. The zero-order chi connectivity index (χ0) is 109. The maximum atomic E-state index is 12.7. The minimum Gasteiger partial charge on any atom is -0.465 e. The summed E-state index contributed by atoms with van der Waals surface area (Å²) in [4.78, 5) is 0. The fraction of sp³-hybridized carbons (Fsp3) is 0.538. The zero-order valence-corrected chi connectivity index (χ0v) is 105. The van der Waals surface area contributed by atoms with Gasteiger partial charge in [-0.25, -0.2) is 0 Å². The Hall–Kier alpha value is -7.21. The molecule has 2 aliphatic rings. The van der Waals surface area contributed by atoms with Gasteiger partial charge in [-0.15, -0.1) is 0 Å². The average molecular weight is 2220 g/mol. The van der Waals surface area contributed by atoms with Crippen LogP contribution in [0.5, 0.6) is 40.2 Å². The van der Waals surface area contributed by atoms with E-state index in [1.807, 2.05) is 0 Å². The van der Waals surface area contributed by atoms with E-state index in [9.17, 15) is 10.2 Å². The molecule has 0 radical (unpaired) electrons. The van der Waals surface area contributed by atoms with Crippen molar-refractivity contribution in [2.75, 3.05) is 28.4 Å². The molecule has 0 amide bonds. The van der Waals surface area contributed by atoms with Crippen molar-refractivity contribution in [3.8, 4) is 95.9 Å². The second-order valence-corrected chi connectivity index (χ2v) is 79.2. The summed E-state index contributed by atoms with van der Waals surface area (Å²) < 4.78 is 57.4. The number of ether oxygens (including phenoxy) is 6. The Balaban J connectivity index is 0.000000254. The molecule has 15 heteroatoms. The quantitative estimate of drug-likeness (QED) is 0.0567. The van der Waals surface area contributed by atoms with Gasteiger partial charge >= 0.3 is 691 Å². The standard InChI is InChI=1S/C70H96GeO4.C32H47BO4.C28H42Br2GeO2/c1-43(2)71(44(3)4,41-74-61-27-25-49(65(7,8)9)39-57(61)59-31-45(5)29-55(63(59)72)47-33-51(67(13,14)15)37-52(34-47)68(16,17)18)42-75-62-28-26-50(66(10,11)12)40-58(62)60-32-46(6)30-56(64(60)73)48-35-53(69(19,20)21)38-54(36-48)70(22,23)24;1-21-16-25(22-18-23(29(2,3)4)20-24(19-22)30(5,6)7)28(35-27-14-12-13-15-34-27)26(17-21)33-36-31(8,9)32(10,11)37-33;1-19(2)31(20(3)4,17-32-25-13-11-21(15-23(25)29)27(5,6)7)18-33-26-14-12-22(16-24(26)30)28(8,9)10/h25-40,43-44,72-73H,41-42H2,1-24H3;16-20,27H,12-15H2,1-11H3;11-16,19-20H,17-18H2,1-10H3. The van der Waals surface area contributed by atoms with Crippen LogP contribution in [0.15, 0.2) is 173 Å². The fourth-order valence-corrected chi connectivity index (χ4v) is 35.1. The molecule has 10 aromatic carbocycles. The third-order valence-electron chi connectivity index (χ3n) is 31.0. The Morgan fingerprint density at radius 2 is 0.572 bits per heavy atom. The van der Waals surface area contributed by atoms with Gasteiger partial charge in [-0.2, -0.15) is 0 Å². The molecule has 2 aliphatic heterocycles. The molecule has 2 N–H and O–H groups in total. The Bertz CT molecular complexity index is 5790. The predicted octanol–water partition coefficient (Wildman–Crippen LogP) is 37.0. The van der Waals surface area contributed by atoms with Gasteiger partial charge in [-0.3, -0.25) is 0 Å². The molecule has 10 nitrogen and oxygen atoms in total. The first-order chi connectivity index (χ1) is 66.3. The van der Waals surface area contributed by atoms with Crippen LogP contribution >= 0.6 is 31.9 Å². The van der Waals surface area contributed by atoms with E-state index in [-0.39, 0.29) is 71.9 Å². The Labute approximate surface area is 902 Å². The van der Waals surface area contributed by atoms with Crippen LogP contribution in [0.3, 0.4) is 0 Å². The molecule has 0 aromatic heterocycles. The molecule has 2 heterocycles. The van der Waals surface area contributed by atoms with Crippen LogP contribution in [-0.4, -0.2) is 89.7 Å². The molecule has 790 valence electrons. The molecular formula is C130H185BBr2Ge2O10. The van der Waals surface area contributed by atoms with E-state index in [2.05, 4.69) is 507 Å². The summed E-state index contributed by atoms with van der Waals surface area (Å²) in [6, 6.07) is 59.7. The van der Waals surface area contributed by atoms with E-state index in [0.717, 1.165) is 152 Å². The smallest absolute Gasteiger partial charge is 0.465 e. The average Bonchev–Trinajstić information content (AvgIpc) is 1.72. The topological polar surface area (TPSA) is 114 Å². The molecule has 2 fully saturated rings. The number of halogens is 2. The first-order valence-corrected chi connectivity index (χ1v) is 66.0. The summed E-state index contributed by atoms with van der Waals surface area (Å²) in [6.07, 6.45) is 2.79. The molecule has 12 rings (SSSR count). The first-order valence-electron chi connectivity index (χ1n) is 53.6. The zero-order valence-electron chi connectivity index (χ0n) is 98.1. The van der Waals surface area contributed by atoms with Crippen LogP contribution in [0, 0.1) is 20.8 Å². The number of aromatic hydroxyl groups is 2. The van der Waals surface area contributed by atoms with Crippen LogP contribution in [0.1, 0.15) is 382 Å². The van der Waals surface area contributed by atoms with Crippen LogP contribution < -0.4 is 29.1 Å². The number of rotatable bonds is 24. The molecule has 10 aromatic rings. The minimum absolute atomic E-state index is 0.0158. The number of hydrogen-bond acceptors (Lipinski definition) is 10. The van der Waals surface area contributed by atoms with Crippen molar-refractivity contribution >= 4 is 71.0 Å². The van der Waals surface area contributed by atoms with Crippen molar-refractivity contribution < 1.29 is 47.9 Å². The molecule has 0 bridgehead atoms. The van der Waals surface area contributed by atoms with Crippen molar-refractivity contribution in [2.24, 2.45) is 0 Å². The van der Waals surface area contributed by atoms with Crippen LogP contribution in [0.4, 0.5) is 0 Å². The number of hydrogen-bond donors (Lipinski definition) is 2.